The van der Waals surface area contributed by atoms with E-state index in [2.05, 4.69) is 16.0 Å². The molecule has 0 saturated carbocycles. The van der Waals surface area contributed by atoms with Crippen LogP contribution in [0.15, 0.2) is 114 Å². The van der Waals surface area contributed by atoms with Crippen molar-refractivity contribution >= 4 is 52.9 Å². The molecule has 0 aliphatic rings. The number of hydrogen-bond donors (Lipinski definition) is 3. The molecule has 0 atom stereocenters. The fourth-order valence-corrected chi connectivity index (χ4v) is 4.71. The molecule has 0 aliphatic carbocycles. The van der Waals surface area contributed by atoms with Crippen LogP contribution in [0.3, 0.4) is 0 Å². The molecule has 4 aromatic carbocycles. The van der Waals surface area contributed by atoms with Gasteiger partial charge in [-0.25, -0.2) is 9.18 Å². The van der Waals surface area contributed by atoms with Crippen molar-refractivity contribution in [2.75, 3.05) is 23.0 Å². The maximum atomic E-state index is 13.4. The second kappa shape index (κ2) is 16.6. The number of esters is 1. The molecule has 0 radical (unpaired) electrons. The number of unbranched alkanes of at least 4 members (excludes halogenated alkanes) is 1. The molecule has 0 aliphatic heterocycles. The van der Waals surface area contributed by atoms with E-state index < -0.39 is 23.6 Å². The molecule has 0 spiro atoms. The monoisotopic (exact) mass is 625 g/mol. The van der Waals surface area contributed by atoms with E-state index in [0.717, 1.165) is 17.7 Å². The van der Waals surface area contributed by atoms with Gasteiger partial charge in [0.25, 0.3) is 11.8 Å². The lowest BCUT2D eigenvalue weighted by Crippen LogP contribution is -2.30. The van der Waals surface area contributed by atoms with Gasteiger partial charge in [0.05, 0.1) is 17.9 Å². The molecule has 3 N–H and O–H groups in total. The first-order chi connectivity index (χ1) is 21.8. The number of benzene rings is 4. The molecule has 0 bridgehead atoms. The molecule has 230 valence electrons. The van der Waals surface area contributed by atoms with E-state index in [1.807, 2.05) is 6.92 Å². The Hall–Kier alpha value is -5.22. The van der Waals surface area contributed by atoms with E-state index in [0.29, 0.717) is 34.7 Å². The fourth-order valence-electron chi connectivity index (χ4n) is 3.96. The topological polar surface area (TPSA) is 114 Å². The maximum absolute atomic E-state index is 13.4. The summed E-state index contributed by atoms with van der Waals surface area (Å²) in [6, 6.07) is 27.4. The SMILES string of the molecule is CCCCOC(=O)c1ccc(NC(=O)CSc2cccc(NC(=O)/C(=C/c3ccc(F)cc3)NC(=O)c3ccccc3)c2)cc1. The van der Waals surface area contributed by atoms with E-state index in [4.69, 9.17) is 4.74 Å². The van der Waals surface area contributed by atoms with Crippen LogP contribution >= 0.6 is 11.8 Å². The van der Waals surface area contributed by atoms with Crippen LogP contribution in [0.5, 0.6) is 0 Å². The quantitative estimate of drug-likeness (QED) is 0.0643. The summed E-state index contributed by atoms with van der Waals surface area (Å²) in [4.78, 5) is 51.5. The standard InChI is InChI=1S/C35H32FN3O5S/c1-2-3-20-44-35(43)26-14-18-28(19-15-26)37-32(40)23-45-30-11-7-10-29(22-30)38-34(42)31(21-24-12-16-27(36)17-13-24)39-33(41)25-8-5-4-6-9-25/h4-19,21-22H,2-3,20,23H2,1H3,(H,37,40)(H,38,42)(H,39,41)/b31-21-. The molecule has 0 saturated heterocycles. The van der Waals surface area contributed by atoms with Crippen LogP contribution in [0.2, 0.25) is 0 Å². The Morgan fingerprint density at radius 3 is 2.24 bits per heavy atom. The average molecular weight is 626 g/mol. The highest BCUT2D eigenvalue weighted by Crippen LogP contribution is 2.23. The highest BCUT2D eigenvalue weighted by molar-refractivity contribution is 8.00. The van der Waals surface area contributed by atoms with Crippen molar-refractivity contribution in [3.8, 4) is 0 Å². The number of hydrogen-bond acceptors (Lipinski definition) is 6. The Morgan fingerprint density at radius 1 is 0.800 bits per heavy atom. The zero-order chi connectivity index (χ0) is 32.0. The van der Waals surface area contributed by atoms with Crippen LogP contribution in [0.1, 0.15) is 46.0 Å². The van der Waals surface area contributed by atoms with Gasteiger partial charge in [-0.2, -0.15) is 0 Å². The lowest BCUT2D eigenvalue weighted by atomic mass is 10.1. The third-order valence-corrected chi connectivity index (χ3v) is 7.30. The van der Waals surface area contributed by atoms with Gasteiger partial charge in [-0.15, -0.1) is 11.8 Å². The van der Waals surface area contributed by atoms with Gasteiger partial charge in [0, 0.05) is 21.8 Å². The summed E-state index contributed by atoms with van der Waals surface area (Å²) in [6.07, 6.45) is 3.19. The molecule has 0 unspecified atom stereocenters. The number of carbonyl (C=O) groups excluding carboxylic acids is 4. The predicted octanol–water partition coefficient (Wildman–Crippen LogP) is 6.92. The molecule has 8 nitrogen and oxygen atoms in total. The summed E-state index contributed by atoms with van der Waals surface area (Å²) >= 11 is 1.27. The molecule has 0 aromatic heterocycles. The molecular formula is C35H32FN3O5S. The van der Waals surface area contributed by atoms with Crippen molar-refractivity contribution in [3.63, 3.8) is 0 Å². The first kappa shape index (κ1) is 32.7. The summed E-state index contributed by atoms with van der Waals surface area (Å²) in [5, 5.41) is 8.23. The highest BCUT2D eigenvalue weighted by Gasteiger charge is 2.16. The summed E-state index contributed by atoms with van der Waals surface area (Å²) in [7, 11) is 0. The average Bonchev–Trinajstić information content (AvgIpc) is 3.05. The van der Waals surface area contributed by atoms with E-state index in [9.17, 15) is 23.6 Å². The van der Waals surface area contributed by atoms with Crippen LogP contribution in [0.4, 0.5) is 15.8 Å². The Kier molecular flexibility index (Phi) is 12.0. The summed E-state index contributed by atoms with van der Waals surface area (Å²) in [6.45, 7) is 2.38. The summed E-state index contributed by atoms with van der Waals surface area (Å²) in [5.74, 6) is -2.04. The first-order valence-corrected chi connectivity index (χ1v) is 15.2. The number of halogens is 1. The Bertz CT molecular complexity index is 1660. The molecule has 0 heterocycles. The fraction of sp³-hybridized carbons (Fsp3) is 0.143. The molecule has 0 fully saturated rings. The Morgan fingerprint density at radius 2 is 1.53 bits per heavy atom. The lowest BCUT2D eigenvalue weighted by molar-refractivity contribution is -0.114. The third kappa shape index (κ3) is 10.5. The van der Waals surface area contributed by atoms with Crippen LogP contribution in [-0.4, -0.2) is 36.1 Å². The van der Waals surface area contributed by atoms with Gasteiger partial charge in [-0.3, -0.25) is 14.4 Å². The molecular weight excluding hydrogens is 593 g/mol. The third-order valence-electron chi connectivity index (χ3n) is 6.31. The zero-order valence-corrected chi connectivity index (χ0v) is 25.4. The van der Waals surface area contributed by atoms with Gasteiger partial charge < -0.3 is 20.7 Å². The second-order valence-electron chi connectivity index (χ2n) is 9.82. The largest absolute Gasteiger partial charge is 0.462 e. The molecule has 10 heteroatoms. The van der Waals surface area contributed by atoms with Crippen molar-refractivity contribution in [1.29, 1.82) is 0 Å². The van der Waals surface area contributed by atoms with Crippen LogP contribution in [0, 0.1) is 5.82 Å². The van der Waals surface area contributed by atoms with Gasteiger partial charge >= 0.3 is 5.97 Å². The number of amides is 3. The molecule has 4 rings (SSSR count). The van der Waals surface area contributed by atoms with Crippen LogP contribution in [0.25, 0.3) is 6.08 Å². The maximum Gasteiger partial charge on any atom is 0.338 e. The first-order valence-electron chi connectivity index (χ1n) is 14.3. The van der Waals surface area contributed by atoms with Crippen LogP contribution < -0.4 is 16.0 Å². The number of rotatable bonds is 13. The predicted molar refractivity (Wildman–Crippen MR) is 174 cm³/mol. The highest BCUT2D eigenvalue weighted by atomic mass is 32.2. The van der Waals surface area contributed by atoms with Gasteiger partial charge in [0.15, 0.2) is 0 Å². The summed E-state index contributed by atoms with van der Waals surface area (Å²) in [5.41, 5.74) is 2.26. The lowest BCUT2D eigenvalue weighted by Gasteiger charge is -2.12. The zero-order valence-electron chi connectivity index (χ0n) is 24.5. The van der Waals surface area contributed by atoms with Gasteiger partial charge in [-0.05, 0) is 84.8 Å². The van der Waals surface area contributed by atoms with Crippen LogP contribution in [-0.2, 0) is 14.3 Å². The molecule has 45 heavy (non-hydrogen) atoms. The second-order valence-corrected chi connectivity index (χ2v) is 10.9. The number of ether oxygens (including phenoxy) is 1. The van der Waals surface area contributed by atoms with E-state index in [1.54, 1.807) is 78.9 Å². The van der Waals surface area contributed by atoms with Crippen molar-refractivity contribution in [2.45, 2.75) is 24.7 Å². The minimum absolute atomic E-state index is 0.0341. The number of thioether (sulfide) groups is 1. The summed E-state index contributed by atoms with van der Waals surface area (Å²) < 4.78 is 18.6. The molecule has 3 amide bonds. The number of anilines is 2. The number of carbonyl (C=O) groups is 4. The normalized spacial score (nSPS) is 10.9. The van der Waals surface area contributed by atoms with E-state index >= 15 is 0 Å². The van der Waals surface area contributed by atoms with Gasteiger partial charge in [-0.1, -0.05) is 49.7 Å². The van der Waals surface area contributed by atoms with Crippen molar-refractivity contribution < 1.29 is 28.3 Å². The Labute approximate surface area is 265 Å². The molecule has 4 aromatic rings. The Balaban J connectivity index is 1.36. The minimum Gasteiger partial charge on any atom is -0.462 e. The van der Waals surface area contributed by atoms with Crippen molar-refractivity contribution in [1.82, 2.24) is 5.32 Å². The minimum atomic E-state index is -0.582. The van der Waals surface area contributed by atoms with Gasteiger partial charge in [0.1, 0.15) is 11.5 Å². The van der Waals surface area contributed by atoms with Crippen molar-refractivity contribution in [2.24, 2.45) is 0 Å². The van der Waals surface area contributed by atoms with Crippen molar-refractivity contribution in [3.05, 3.63) is 131 Å². The van der Waals surface area contributed by atoms with E-state index in [-0.39, 0.29) is 17.4 Å². The van der Waals surface area contributed by atoms with E-state index in [1.165, 1.54) is 42.1 Å². The number of nitrogens with one attached hydrogen (secondary N) is 3. The smallest absolute Gasteiger partial charge is 0.338 e. The van der Waals surface area contributed by atoms with Gasteiger partial charge in [0.2, 0.25) is 5.91 Å².